The van der Waals surface area contributed by atoms with Crippen LogP contribution in [-0.4, -0.2) is 51.1 Å². The van der Waals surface area contributed by atoms with Crippen LogP contribution < -0.4 is 5.73 Å². The number of alkyl halides is 1. The zero-order valence-electron chi connectivity index (χ0n) is 19.4. The first-order valence-electron chi connectivity index (χ1n) is 10.9. The van der Waals surface area contributed by atoms with Crippen LogP contribution in [0.15, 0.2) is 41.5 Å². The van der Waals surface area contributed by atoms with Crippen LogP contribution in [0.25, 0.3) is 16.0 Å². The first-order chi connectivity index (χ1) is 17.6. The van der Waals surface area contributed by atoms with Gasteiger partial charge in [-0.3, -0.25) is 4.79 Å². The summed E-state index contributed by atoms with van der Waals surface area (Å²) in [6.45, 7) is 2.20. The number of hydrogen-bond donors (Lipinski definition) is 1. The molecule has 0 bridgehead atoms. The number of halogens is 3. The summed E-state index contributed by atoms with van der Waals surface area (Å²) in [5, 5.41) is 7.43. The maximum Gasteiger partial charge on any atom is 0.338 e. The highest BCUT2D eigenvalue weighted by Gasteiger charge is 2.60. The maximum atomic E-state index is 16.0. The molecule has 15 heteroatoms. The number of nitrogens with two attached hydrogens (primary N) is 1. The number of azide groups is 1. The van der Waals surface area contributed by atoms with E-state index in [0.717, 1.165) is 4.52 Å². The molecule has 194 valence electrons. The van der Waals surface area contributed by atoms with E-state index in [9.17, 15) is 19.5 Å². The highest BCUT2D eigenvalue weighted by Crippen LogP contribution is 2.45. The topological polar surface area (TPSA) is 167 Å². The summed E-state index contributed by atoms with van der Waals surface area (Å²) >= 11 is 5.91. The molecule has 0 radical (unpaired) electrons. The van der Waals surface area contributed by atoms with Crippen LogP contribution in [0.3, 0.4) is 0 Å². The lowest BCUT2D eigenvalue weighted by atomic mass is 10.0. The molecule has 1 unspecified atom stereocenters. The molecule has 3 heterocycles. The first kappa shape index (κ1) is 26.1. The maximum absolute atomic E-state index is 16.0. The van der Waals surface area contributed by atoms with Crippen LogP contribution in [0.4, 0.5) is 14.6 Å². The number of ether oxygens (including phenoxy) is 3. The smallest absolute Gasteiger partial charge is 0.338 e. The minimum absolute atomic E-state index is 0.0442. The molecule has 1 saturated heterocycles. The Morgan fingerprint density at radius 3 is 2.81 bits per heavy atom. The number of anilines is 1. The molecule has 0 amide bonds. The summed E-state index contributed by atoms with van der Waals surface area (Å²) in [6, 6.07) is 8.57. The average Bonchev–Trinajstić information content (AvgIpc) is 3.37. The van der Waals surface area contributed by atoms with Crippen molar-refractivity contribution in [2.24, 2.45) is 11.0 Å². The van der Waals surface area contributed by atoms with Crippen LogP contribution in [-0.2, 0) is 19.0 Å². The van der Waals surface area contributed by atoms with Gasteiger partial charge in [-0.1, -0.05) is 36.6 Å². The average molecular weight is 536 g/mol. The Morgan fingerprint density at radius 2 is 2.14 bits per heavy atom. The van der Waals surface area contributed by atoms with Crippen molar-refractivity contribution in [3.63, 3.8) is 0 Å². The number of rotatable bonds is 7. The molecular formula is C22H20ClF2N7O5. The number of carbonyl (C=O) groups excluding carboxylic acids is 2. The van der Waals surface area contributed by atoms with Crippen molar-refractivity contribution in [2.75, 3.05) is 12.3 Å². The van der Waals surface area contributed by atoms with E-state index in [1.165, 1.54) is 44.2 Å². The molecule has 0 saturated carbocycles. The van der Waals surface area contributed by atoms with Crippen LogP contribution >= 0.6 is 11.6 Å². The van der Waals surface area contributed by atoms with E-state index in [1.807, 2.05) is 0 Å². The summed E-state index contributed by atoms with van der Waals surface area (Å²) in [6.07, 6.45) is -6.78. The minimum atomic E-state index is -2.32. The molecule has 4 atom stereocenters. The zero-order chi connectivity index (χ0) is 26.9. The molecule has 1 aliphatic rings. The largest absolute Gasteiger partial charge is 0.459 e. The fourth-order valence-electron chi connectivity index (χ4n) is 3.80. The Balaban J connectivity index is 1.74. The zero-order valence-corrected chi connectivity index (χ0v) is 20.2. The Bertz CT molecular complexity index is 1410. The van der Waals surface area contributed by atoms with Gasteiger partial charge in [0.15, 0.2) is 18.1 Å². The van der Waals surface area contributed by atoms with E-state index >= 15 is 4.39 Å². The molecule has 37 heavy (non-hydrogen) atoms. The number of aromatic nitrogens is 3. The second-order valence-electron chi connectivity index (χ2n) is 8.44. The molecule has 0 aliphatic carbocycles. The van der Waals surface area contributed by atoms with Gasteiger partial charge in [0.2, 0.25) is 5.72 Å². The van der Waals surface area contributed by atoms with Gasteiger partial charge < -0.3 is 19.9 Å². The van der Waals surface area contributed by atoms with Crippen molar-refractivity contribution in [1.82, 2.24) is 14.6 Å². The molecule has 1 fully saturated rings. The number of nitrogens with zero attached hydrogens (tertiary/aromatic N) is 6. The van der Waals surface area contributed by atoms with Gasteiger partial charge in [0, 0.05) is 9.93 Å². The number of nitrogen functional groups attached to an aromatic ring is 1. The van der Waals surface area contributed by atoms with E-state index in [1.54, 1.807) is 6.07 Å². The highest BCUT2D eigenvalue weighted by molar-refractivity contribution is 6.30. The Kier molecular flexibility index (Phi) is 7.16. The van der Waals surface area contributed by atoms with Crippen LogP contribution in [0, 0.1) is 12.0 Å². The molecule has 1 aliphatic heterocycles. The molecule has 4 rings (SSSR count). The lowest BCUT2D eigenvalue weighted by molar-refractivity contribution is -0.169. The fourth-order valence-corrected chi connectivity index (χ4v) is 3.99. The SMILES string of the molecule is CC(C)C(=O)O[C@H]1[C@@H](F)C(c2ccc3c(N)nc(F)nn23)O[C@@]1(COC(=O)c1cccc(Cl)c1)N=[N+]=[N-]. The second-order valence-corrected chi connectivity index (χ2v) is 8.87. The molecule has 0 spiro atoms. The molecule has 1 aromatic carbocycles. The van der Waals surface area contributed by atoms with Gasteiger partial charge in [-0.05, 0) is 35.9 Å². The van der Waals surface area contributed by atoms with E-state index in [-0.39, 0.29) is 27.6 Å². The summed E-state index contributed by atoms with van der Waals surface area (Å²) < 4.78 is 47.3. The number of esters is 2. The number of hydrogen-bond acceptors (Lipinski definition) is 9. The third kappa shape index (κ3) is 4.99. The Hall–Kier alpha value is -4.00. The fraction of sp³-hybridized carbons (Fsp3) is 0.364. The van der Waals surface area contributed by atoms with Crippen LogP contribution in [0.2, 0.25) is 5.02 Å². The number of carbonyl (C=O) groups is 2. The van der Waals surface area contributed by atoms with Gasteiger partial charge in [0.05, 0.1) is 17.2 Å². The minimum Gasteiger partial charge on any atom is -0.459 e. The Labute approximate surface area is 212 Å². The van der Waals surface area contributed by atoms with Crippen molar-refractivity contribution >= 4 is 34.9 Å². The van der Waals surface area contributed by atoms with Crippen molar-refractivity contribution in [2.45, 2.75) is 38.0 Å². The summed E-state index contributed by atoms with van der Waals surface area (Å²) in [7, 11) is 0. The Morgan fingerprint density at radius 1 is 1.38 bits per heavy atom. The van der Waals surface area contributed by atoms with Gasteiger partial charge in [0.25, 0.3) is 0 Å². The van der Waals surface area contributed by atoms with Gasteiger partial charge in [-0.15, -0.1) is 5.10 Å². The van der Waals surface area contributed by atoms with Crippen molar-refractivity contribution in [3.8, 4) is 0 Å². The van der Waals surface area contributed by atoms with Gasteiger partial charge in [-0.25, -0.2) is 13.7 Å². The van der Waals surface area contributed by atoms with Gasteiger partial charge >= 0.3 is 18.0 Å². The third-order valence-corrected chi connectivity index (χ3v) is 5.82. The highest BCUT2D eigenvalue weighted by atomic mass is 35.5. The standard InChI is InChI=1S/C22H20ClF2N7O5/c1-10(2)19(33)36-17-15(24)16(13-6-7-14-18(26)28-21(25)29-32(13)14)37-22(17,30-31-27)9-35-20(34)11-4-3-5-12(23)8-11/h3-8,10,15-17H,9H2,1-2H3,(H2,26,28,29)/t15-,16?,17-,22+/m0/s1. The first-order valence-corrected chi connectivity index (χ1v) is 11.3. The number of fused-ring (bicyclic) bond motifs is 1. The molecule has 2 aromatic heterocycles. The summed E-state index contributed by atoms with van der Waals surface area (Å²) in [5.41, 5.74) is 12.9. The van der Waals surface area contributed by atoms with Gasteiger partial charge in [-0.2, -0.15) is 9.37 Å². The predicted molar refractivity (Wildman–Crippen MR) is 124 cm³/mol. The van der Waals surface area contributed by atoms with Crippen molar-refractivity contribution in [3.05, 3.63) is 69.2 Å². The van der Waals surface area contributed by atoms with Crippen LogP contribution in [0.1, 0.15) is 36.0 Å². The van der Waals surface area contributed by atoms with Crippen LogP contribution in [0.5, 0.6) is 0 Å². The van der Waals surface area contributed by atoms with E-state index in [4.69, 9.17) is 31.5 Å². The van der Waals surface area contributed by atoms with E-state index < -0.39 is 54.6 Å². The van der Waals surface area contributed by atoms with E-state index in [2.05, 4.69) is 20.1 Å². The van der Waals surface area contributed by atoms with Gasteiger partial charge in [0.1, 0.15) is 18.2 Å². The monoisotopic (exact) mass is 535 g/mol. The quantitative estimate of drug-likeness (QED) is 0.205. The normalized spacial score (nSPS) is 23.1. The predicted octanol–water partition coefficient (Wildman–Crippen LogP) is 3.94. The molecule has 2 N–H and O–H groups in total. The summed E-state index contributed by atoms with van der Waals surface area (Å²) in [5.74, 6) is -2.61. The molecule has 3 aromatic rings. The lowest BCUT2D eigenvalue weighted by Gasteiger charge is -2.29. The second kappa shape index (κ2) is 10.2. The lowest BCUT2D eigenvalue weighted by Crippen LogP contribution is -2.47. The van der Waals surface area contributed by atoms with E-state index in [0.29, 0.717) is 0 Å². The molecule has 12 nitrogen and oxygen atoms in total. The summed E-state index contributed by atoms with van der Waals surface area (Å²) in [4.78, 5) is 31.2. The third-order valence-electron chi connectivity index (χ3n) is 5.59. The van der Waals surface area contributed by atoms with Crippen molar-refractivity contribution < 1.29 is 32.6 Å². The number of benzene rings is 1. The van der Waals surface area contributed by atoms with Crippen molar-refractivity contribution in [1.29, 1.82) is 0 Å². The molecular weight excluding hydrogens is 516 g/mol.